The molecule has 0 amide bonds. The van der Waals surface area contributed by atoms with E-state index < -0.39 is 0 Å². The van der Waals surface area contributed by atoms with Gasteiger partial charge in [-0.3, -0.25) is 9.59 Å². The number of ether oxygens (including phenoxy) is 3. The number of rotatable bonds is 6. The monoisotopic (exact) mass is 464 g/mol. The zero-order chi connectivity index (χ0) is 21.1. The summed E-state index contributed by atoms with van der Waals surface area (Å²) in [6, 6.07) is 19.3. The number of hydrogen-bond donors (Lipinski definition) is 0. The van der Waals surface area contributed by atoms with Crippen LogP contribution in [0, 0.1) is 0 Å². The van der Waals surface area contributed by atoms with Crippen LogP contribution in [0.4, 0.5) is 0 Å². The molecular formula is C24H17BrO5. The van der Waals surface area contributed by atoms with Crippen LogP contribution in [0.3, 0.4) is 0 Å². The molecule has 1 heterocycles. The second kappa shape index (κ2) is 8.55. The lowest BCUT2D eigenvalue weighted by Crippen LogP contribution is -2.11. The minimum absolute atomic E-state index is 0.102. The third-order valence-electron chi connectivity index (χ3n) is 4.59. The Kier molecular flexibility index (Phi) is 5.68. The first-order chi connectivity index (χ1) is 14.5. The van der Waals surface area contributed by atoms with Gasteiger partial charge in [-0.2, -0.15) is 0 Å². The summed E-state index contributed by atoms with van der Waals surface area (Å²) in [7, 11) is 1.57. The molecule has 1 aliphatic rings. The number of carbonyl (C=O) groups is 2. The Morgan fingerprint density at radius 1 is 1.07 bits per heavy atom. The van der Waals surface area contributed by atoms with Crippen molar-refractivity contribution in [1.82, 2.24) is 0 Å². The molecule has 5 nitrogen and oxygen atoms in total. The number of allylic oxidation sites excluding steroid dienone is 1. The minimum Gasteiger partial charge on any atom is -0.496 e. The van der Waals surface area contributed by atoms with Gasteiger partial charge >= 0.3 is 0 Å². The second-order valence-corrected chi connectivity index (χ2v) is 7.48. The van der Waals surface area contributed by atoms with Crippen molar-refractivity contribution in [1.29, 1.82) is 0 Å². The van der Waals surface area contributed by atoms with Crippen molar-refractivity contribution in [3.8, 4) is 17.2 Å². The zero-order valence-corrected chi connectivity index (χ0v) is 17.6. The molecule has 0 spiro atoms. The largest absolute Gasteiger partial charge is 0.496 e. The number of Topliss-reactive ketones (excluding diaryl/α,β-unsaturated/α-hetero) is 2. The molecule has 0 saturated carbocycles. The molecule has 6 heteroatoms. The molecule has 0 aliphatic carbocycles. The van der Waals surface area contributed by atoms with Crippen LogP contribution in [0.25, 0.3) is 6.08 Å². The lowest BCUT2D eigenvalue weighted by atomic mass is 10.1. The van der Waals surface area contributed by atoms with E-state index in [1.165, 1.54) is 0 Å². The Labute approximate surface area is 182 Å². The Morgan fingerprint density at radius 3 is 2.63 bits per heavy atom. The van der Waals surface area contributed by atoms with Crippen LogP contribution >= 0.6 is 15.9 Å². The fraction of sp³-hybridized carbons (Fsp3) is 0.0833. The molecule has 0 atom stereocenters. The van der Waals surface area contributed by atoms with Gasteiger partial charge in [0.1, 0.15) is 17.2 Å². The average molecular weight is 465 g/mol. The Balaban J connectivity index is 1.52. The third kappa shape index (κ3) is 4.14. The molecule has 4 rings (SSSR count). The van der Waals surface area contributed by atoms with Crippen molar-refractivity contribution in [2.75, 3.05) is 13.7 Å². The third-order valence-corrected chi connectivity index (χ3v) is 5.08. The summed E-state index contributed by atoms with van der Waals surface area (Å²) < 4.78 is 17.6. The summed E-state index contributed by atoms with van der Waals surface area (Å²) in [5, 5.41) is 0. The second-order valence-electron chi connectivity index (χ2n) is 6.56. The molecule has 3 aromatic carbocycles. The van der Waals surface area contributed by atoms with E-state index in [1.54, 1.807) is 61.7 Å². The Morgan fingerprint density at radius 2 is 1.87 bits per heavy atom. The first-order valence-corrected chi connectivity index (χ1v) is 9.97. The first kappa shape index (κ1) is 19.9. The van der Waals surface area contributed by atoms with Gasteiger partial charge in [-0.1, -0.05) is 46.3 Å². The quantitative estimate of drug-likeness (QED) is 0.364. The number of halogens is 1. The van der Waals surface area contributed by atoms with Crippen molar-refractivity contribution in [2.24, 2.45) is 0 Å². The molecule has 1 aliphatic heterocycles. The van der Waals surface area contributed by atoms with Gasteiger partial charge in [0.2, 0.25) is 5.78 Å². The number of methoxy groups -OCH3 is 1. The van der Waals surface area contributed by atoms with Gasteiger partial charge in [-0.25, -0.2) is 0 Å². The number of carbonyl (C=O) groups excluding carboxylic acids is 2. The number of ketones is 2. The zero-order valence-electron chi connectivity index (χ0n) is 16.1. The molecule has 0 bridgehead atoms. The molecule has 3 aromatic rings. The molecule has 0 saturated heterocycles. The van der Waals surface area contributed by atoms with Gasteiger partial charge in [0.05, 0.1) is 12.7 Å². The van der Waals surface area contributed by atoms with Crippen LogP contribution in [0.2, 0.25) is 0 Å². The first-order valence-electron chi connectivity index (χ1n) is 9.18. The average Bonchev–Trinajstić information content (AvgIpc) is 3.07. The Hall–Kier alpha value is -3.38. The van der Waals surface area contributed by atoms with E-state index in [2.05, 4.69) is 15.9 Å². The van der Waals surface area contributed by atoms with Gasteiger partial charge in [-0.05, 0) is 36.4 Å². The maximum atomic E-state index is 12.7. The van der Waals surface area contributed by atoms with Crippen molar-refractivity contribution < 1.29 is 23.8 Å². The highest BCUT2D eigenvalue weighted by atomic mass is 79.9. The SMILES string of the molecule is COc1ccc(Br)cc1C=C1Oc2cc(OCC(=O)c3ccccc3)ccc2C1=O. The van der Waals surface area contributed by atoms with E-state index in [-0.39, 0.29) is 23.9 Å². The minimum atomic E-state index is -0.223. The smallest absolute Gasteiger partial charge is 0.231 e. The van der Waals surface area contributed by atoms with Crippen LogP contribution in [0.5, 0.6) is 17.2 Å². The number of hydrogen-bond acceptors (Lipinski definition) is 5. The predicted molar refractivity (Wildman–Crippen MR) is 116 cm³/mol. The molecular weight excluding hydrogens is 448 g/mol. The number of benzene rings is 3. The van der Waals surface area contributed by atoms with Crippen molar-refractivity contribution in [2.45, 2.75) is 0 Å². The van der Waals surface area contributed by atoms with Crippen molar-refractivity contribution in [3.63, 3.8) is 0 Å². The van der Waals surface area contributed by atoms with Crippen LogP contribution in [0.15, 0.2) is 77.0 Å². The topological polar surface area (TPSA) is 61.8 Å². The molecule has 0 fully saturated rings. The summed E-state index contributed by atoms with van der Waals surface area (Å²) in [4.78, 5) is 24.9. The van der Waals surface area contributed by atoms with Crippen LogP contribution in [-0.2, 0) is 0 Å². The maximum Gasteiger partial charge on any atom is 0.231 e. The Bertz CT molecular complexity index is 1150. The lowest BCUT2D eigenvalue weighted by molar-refractivity contribution is 0.0921. The summed E-state index contributed by atoms with van der Waals surface area (Å²) in [5.41, 5.74) is 1.74. The molecule has 0 radical (unpaired) electrons. The van der Waals surface area contributed by atoms with Gasteiger partial charge in [0, 0.05) is 21.7 Å². The van der Waals surface area contributed by atoms with Gasteiger partial charge in [0.25, 0.3) is 0 Å². The van der Waals surface area contributed by atoms with Crippen molar-refractivity contribution in [3.05, 3.63) is 93.7 Å². The molecule has 0 aromatic heterocycles. The maximum absolute atomic E-state index is 12.7. The highest BCUT2D eigenvalue weighted by Crippen LogP contribution is 2.36. The lowest BCUT2D eigenvalue weighted by Gasteiger charge is -2.07. The molecule has 0 N–H and O–H groups in total. The van der Waals surface area contributed by atoms with E-state index in [0.29, 0.717) is 33.9 Å². The summed E-state index contributed by atoms with van der Waals surface area (Å²) in [6.07, 6.45) is 1.64. The highest BCUT2D eigenvalue weighted by molar-refractivity contribution is 9.10. The van der Waals surface area contributed by atoms with Crippen LogP contribution < -0.4 is 14.2 Å². The number of fused-ring (bicyclic) bond motifs is 1. The predicted octanol–water partition coefficient (Wildman–Crippen LogP) is 5.34. The highest BCUT2D eigenvalue weighted by Gasteiger charge is 2.28. The molecule has 30 heavy (non-hydrogen) atoms. The normalized spacial score (nSPS) is 13.7. The summed E-state index contributed by atoms with van der Waals surface area (Å²) in [5.74, 6) is 1.31. The van der Waals surface area contributed by atoms with E-state index in [1.807, 2.05) is 18.2 Å². The summed E-state index contributed by atoms with van der Waals surface area (Å²) >= 11 is 3.42. The van der Waals surface area contributed by atoms with Gasteiger partial charge < -0.3 is 14.2 Å². The standard InChI is InChI=1S/C24H17BrO5/c1-28-21-10-7-17(25)11-16(21)12-23-24(27)19-9-8-18(13-22(19)30-23)29-14-20(26)15-5-3-2-4-6-15/h2-13H,14H2,1H3. The van der Waals surface area contributed by atoms with E-state index in [0.717, 1.165) is 4.47 Å². The van der Waals surface area contributed by atoms with Crippen LogP contribution in [0.1, 0.15) is 26.3 Å². The fourth-order valence-electron chi connectivity index (χ4n) is 3.07. The molecule has 150 valence electrons. The van der Waals surface area contributed by atoms with Crippen LogP contribution in [-0.4, -0.2) is 25.3 Å². The van der Waals surface area contributed by atoms with E-state index in [9.17, 15) is 9.59 Å². The van der Waals surface area contributed by atoms with Gasteiger partial charge in [-0.15, -0.1) is 0 Å². The van der Waals surface area contributed by atoms with E-state index in [4.69, 9.17) is 14.2 Å². The van der Waals surface area contributed by atoms with Crippen molar-refractivity contribution >= 4 is 33.6 Å². The van der Waals surface area contributed by atoms with E-state index >= 15 is 0 Å². The summed E-state index contributed by atoms with van der Waals surface area (Å²) in [6.45, 7) is -0.102. The van der Waals surface area contributed by atoms with Gasteiger partial charge in [0.15, 0.2) is 18.1 Å². The fourth-order valence-corrected chi connectivity index (χ4v) is 3.45. The molecule has 0 unspecified atom stereocenters.